The average Bonchev–Trinajstić information content (AvgIpc) is 3.09. The van der Waals surface area contributed by atoms with Crippen molar-refractivity contribution in [3.05, 3.63) is 12.4 Å². The van der Waals surface area contributed by atoms with E-state index >= 15 is 0 Å². The van der Waals surface area contributed by atoms with E-state index in [-0.39, 0.29) is 23.4 Å². The number of aromatic nitrogens is 4. The number of nitrogens with zero attached hydrogens (tertiary/aromatic N) is 4. The number of anilines is 1. The van der Waals surface area contributed by atoms with Gasteiger partial charge in [-0.25, -0.2) is 9.78 Å². The third kappa shape index (κ3) is 3.90. The van der Waals surface area contributed by atoms with E-state index in [4.69, 9.17) is 30.1 Å². The summed E-state index contributed by atoms with van der Waals surface area (Å²) in [7, 11) is -5.06. The van der Waals surface area contributed by atoms with Gasteiger partial charge in [0.15, 0.2) is 17.0 Å². The van der Waals surface area contributed by atoms with Crippen LogP contribution in [0.3, 0.4) is 0 Å². The molecule has 15 heteroatoms. The van der Waals surface area contributed by atoms with E-state index in [1.54, 1.807) is 0 Å². The van der Waals surface area contributed by atoms with Crippen LogP contribution in [0, 0.1) is 6.08 Å². The number of nitrogens with two attached hydrogens (primary N) is 1. The van der Waals surface area contributed by atoms with Crippen LogP contribution in [0.1, 0.15) is 12.6 Å². The highest BCUT2D eigenvalue weighted by atomic mass is 31.2. The van der Waals surface area contributed by atoms with Crippen molar-refractivity contribution in [2.75, 3.05) is 12.3 Å². The maximum atomic E-state index is 13.4. The Morgan fingerprint density at radius 1 is 1.52 bits per heavy atom. The Morgan fingerprint density at radius 2 is 2.22 bits per heavy atom. The Balaban J connectivity index is 1.75. The van der Waals surface area contributed by atoms with Crippen LogP contribution in [0.4, 0.5) is 10.2 Å². The van der Waals surface area contributed by atoms with E-state index in [2.05, 4.69) is 15.0 Å². The molecular formula is C12H15FN5O8P. The van der Waals surface area contributed by atoms with Crippen molar-refractivity contribution < 1.29 is 43.2 Å². The van der Waals surface area contributed by atoms with Crippen molar-refractivity contribution in [2.45, 2.75) is 30.7 Å². The van der Waals surface area contributed by atoms with E-state index in [9.17, 15) is 18.9 Å². The zero-order chi connectivity index (χ0) is 19.9. The topological polar surface area (TPSA) is 203 Å². The minimum atomic E-state index is -5.06. The second-order valence-corrected chi connectivity index (χ2v) is 7.39. The first kappa shape index (κ1) is 19.5. The number of ether oxygens (including phenoxy) is 2. The molecule has 0 unspecified atom stereocenters. The summed E-state index contributed by atoms with van der Waals surface area (Å²) in [6.07, 6.45) is -2.95. The SMILES string of the molecule is Nc1nc(F)nc2c1ncn2[C@H]1C[C@H](O)[C@@H](CO[C@H](C(=O)O)P(=O)(O)O)O1. The minimum Gasteiger partial charge on any atom is -0.479 e. The van der Waals surface area contributed by atoms with Crippen LogP contribution in [0.15, 0.2) is 6.33 Å². The lowest BCUT2D eigenvalue weighted by molar-refractivity contribution is -0.149. The van der Waals surface area contributed by atoms with E-state index < -0.39 is 50.5 Å². The minimum absolute atomic E-state index is 0.0152. The number of rotatable bonds is 6. The Bertz CT molecular complexity index is 919. The fourth-order valence-corrected chi connectivity index (χ4v) is 3.22. The summed E-state index contributed by atoms with van der Waals surface area (Å²) in [6.45, 7) is -0.599. The number of hydrogen-bond acceptors (Lipinski definition) is 9. The second kappa shape index (κ2) is 7.07. The highest BCUT2D eigenvalue weighted by Crippen LogP contribution is 2.42. The summed E-state index contributed by atoms with van der Waals surface area (Å²) in [4.78, 5) is 39.8. The van der Waals surface area contributed by atoms with E-state index in [0.717, 1.165) is 0 Å². The number of halogens is 1. The van der Waals surface area contributed by atoms with Crippen molar-refractivity contribution in [2.24, 2.45) is 0 Å². The molecular weight excluding hydrogens is 392 g/mol. The molecule has 27 heavy (non-hydrogen) atoms. The van der Waals surface area contributed by atoms with Gasteiger partial charge in [-0.1, -0.05) is 0 Å². The van der Waals surface area contributed by atoms with Crippen LogP contribution < -0.4 is 5.73 Å². The summed E-state index contributed by atoms with van der Waals surface area (Å²) < 4.78 is 36.1. The molecule has 1 saturated heterocycles. The number of carbonyl (C=O) groups is 1. The van der Waals surface area contributed by atoms with E-state index in [0.29, 0.717) is 0 Å². The maximum absolute atomic E-state index is 13.4. The van der Waals surface area contributed by atoms with Crippen LogP contribution in [0.2, 0.25) is 0 Å². The van der Waals surface area contributed by atoms with Crippen molar-refractivity contribution in [3.63, 3.8) is 0 Å². The number of carboxylic acid groups (broad SMARTS) is 1. The van der Waals surface area contributed by atoms with Crippen LogP contribution in [0.5, 0.6) is 0 Å². The lowest BCUT2D eigenvalue weighted by Crippen LogP contribution is -2.32. The molecule has 0 spiro atoms. The smallest absolute Gasteiger partial charge is 0.365 e. The van der Waals surface area contributed by atoms with Crippen LogP contribution >= 0.6 is 7.60 Å². The third-order valence-corrected chi connectivity index (χ3v) is 4.85. The first-order valence-corrected chi connectivity index (χ1v) is 9.14. The zero-order valence-electron chi connectivity index (χ0n) is 13.4. The lowest BCUT2D eigenvalue weighted by Gasteiger charge is -2.19. The number of imidazole rings is 1. The summed E-state index contributed by atoms with van der Waals surface area (Å²) in [6, 6.07) is 0. The van der Waals surface area contributed by atoms with Gasteiger partial charge in [0.25, 0.3) is 5.85 Å². The third-order valence-electron chi connectivity index (χ3n) is 3.87. The molecule has 0 aliphatic carbocycles. The molecule has 4 atom stereocenters. The van der Waals surface area contributed by atoms with Crippen molar-refractivity contribution in [1.82, 2.24) is 19.5 Å². The molecule has 1 fully saturated rings. The largest absolute Gasteiger partial charge is 0.479 e. The number of aliphatic hydroxyl groups excluding tert-OH is 1. The second-order valence-electron chi connectivity index (χ2n) is 5.75. The molecule has 0 amide bonds. The number of hydrogen-bond donors (Lipinski definition) is 5. The van der Waals surface area contributed by atoms with Crippen molar-refractivity contribution in [1.29, 1.82) is 0 Å². The molecule has 0 aromatic carbocycles. The van der Waals surface area contributed by atoms with E-state index in [1.807, 2.05) is 0 Å². The Labute approximate surface area is 149 Å². The number of fused-ring (bicyclic) bond motifs is 1. The zero-order valence-corrected chi connectivity index (χ0v) is 14.3. The van der Waals surface area contributed by atoms with Gasteiger partial charge in [0.2, 0.25) is 0 Å². The van der Waals surface area contributed by atoms with Gasteiger partial charge in [-0.3, -0.25) is 9.13 Å². The van der Waals surface area contributed by atoms with Gasteiger partial charge in [-0.2, -0.15) is 14.4 Å². The number of nitrogen functional groups attached to an aromatic ring is 1. The molecule has 2 aromatic heterocycles. The van der Waals surface area contributed by atoms with Crippen molar-refractivity contribution >= 4 is 30.5 Å². The molecule has 0 saturated carbocycles. The first-order chi connectivity index (χ1) is 12.6. The fraction of sp³-hybridized carbons (Fsp3) is 0.500. The summed E-state index contributed by atoms with van der Waals surface area (Å²) in [5.41, 5.74) is 5.72. The highest BCUT2D eigenvalue weighted by Gasteiger charge is 2.41. The van der Waals surface area contributed by atoms with Gasteiger partial charge in [0.1, 0.15) is 12.3 Å². The Hall–Kier alpha value is -2.22. The summed E-state index contributed by atoms with van der Waals surface area (Å²) in [5, 5.41) is 18.9. The fourth-order valence-electron chi connectivity index (χ4n) is 2.66. The molecule has 3 rings (SSSR count). The van der Waals surface area contributed by atoms with Gasteiger partial charge in [0.05, 0.1) is 19.0 Å². The molecule has 0 radical (unpaired) electrons. The number of aliphatic hydroxyl groups is 1. The van der Waals surface area contributed by atoms with Crippen LogP contribution in [0.25, 0.3) is 11.2 Å². The molecule has 0 bridgehead atoms. The average molecular weight is 407 g/mol. The predicted molar refractivity (Wildman–Crippen MR) is 83.6 cm³/mol. The maximum Gasteiger partial charge on any atom is 0.365 e. The standard InChI is InChI=1S/C12H15FN5O8P/c13-12-16-8(14)7-9(17-12)18(3-15-7)6-1-4(19)5(26-6)2-25-11(10(20)21)27(22,23)24/h3-6,11,19H,1-2H2,(H,20,21)(H2,14,16,17)(H2,22,23,24)/t4-,5+,6+,11-/m0/s1. The van der Waals surface area contributed by atoms with Crippen LogP contribution in [-0.2, 0) is 18.8 Å². The predicted octanol–water partition coefficient (Wildman–Crippen LogP) is -1.20. The number of aliphatic carboxylic acids is 1. The van der Waals surface area contributed by atoms with Gasteiger partial charge >= 0.3 is 19.6 Å². The molecule has 1 aliphatic heterocycles. The van der Waals surface area contributed by atoms with Gasteiger partial charge < -0.3 is 35.2 Å². The molecule has 6 N–H and O–H groups in total. The highest BCUT2D eigenvalue weighted by molar-refractivity contribution is 7.53. The van der Waals surface area contributed by atoms with Gasteiger partial charge in [0, 0.05) is 6.42 Å². The Kier molecular flexibility index (Phi) is 5.12. The molecule has 2 aromatic rings. The van der Waals surface area contributed by atoms with Gasteiger partial charge in [-0.05, 0) is 0 Å². The lowest BCUT2D eigenvalue weighted by atomic mass is 10.2. The van der Waals surface area contributed by atoms with Crippen molar-refractivity contribution in [3.8, 4) is 0 Å². The molecule has 1 aliphatic rings. The molecule has 148 valence electrons. The van der Waals surface area contributed by atoms with E-state index in [1.165, 1.54) is 10.9 Å². The summed E-state index contributed by atoms with van der Waals surface area (Å²) in [5.74, 6) is -4.42. The van der Waals surface area contributed by atoms with Gasteiger partial charge in [-0.15, -0.1) is 0 Å². The first-order valence-electron chi connectivity index (χ1n) is 7.46. The van der Waals surface area contributed by atoms with Crippen LogP contribution in [-0.4, -0.2) is 70.1 Å². The quantitative estimate of drug-likeness (QED) is 0.283. The summed E-state index contributed by atoms with van der Waals surface area (Å²) >= 11 is 0. The normalized spacial score (nSPS) is 24.4. The number of carboxylic acids is 1. The molecule has 13 nitrogen and oxygen atoms in total. The monoisotopic (exact) mass is 407 g/mol. The Morgan fingerprint density at radius 3 is 2.85 bits per heavy atom. The molecule has 3 heterocycles.